The first-order chi connectivity index (χ1) is 13.0. The van der Waals surface area contributed by atoms with Crippen LogP contribution in [-0.2, 0) is 13.0 Å². The summed E-state index contributed by atoms with van der Waals surface area (Å²) in [7, 11) is 0. The minimum Gasteiger partial charge on any atom is -0.338 e. The van der Waals surface area contributed by atoms with E-state index in [9.17, 15) is 4.79 Å². The number of aromatic nitrogens is 3. The van der Waals surface area contributed by atoms with Gasteiger partial charge in [0.15, 0.2) is 0 Å². The van der Waals surface area contributed by atoms with Gasteiger partial charge in [0.2, 0.25) is 0 Å². The standard InChI is InChI=1S/C20H25N5OS/c1-14-11-16(3)25(24-14)12-17-6-8-18(9-7-17)23-20(26)21-10-4-5-19-22-15(2)13-27-19/h6-9,11,13H,4-5,10,12H2,1-3H3,(H2,21,23,26). The van der Waals surface area contributed by atoms with E-state index in [4.69, 9.17) is 0 Å². The molecule has 2 heterocycles. The first kappa shape index (κ1) is 19.1. The number of benzene rings is 1. The van der Waals surface area contributed by atoms with Crippen LogP contribution in [0.15, 0.2) is 35.7 Å². The number of nitrogens with zero attached hydrogens (tertiary/aromatic N) is 3. The smallest absolute Gasteiger partial charge is 0.319 e. The second-order valence-electron chi connectivity index (χ2n) is 6.65. The number of aryl methyl sites for hydroxylation is 4. The molecular weight excluding hydrogens is 358 g/mol. The molecule has 1 aromatic carbocycles. The number of carbonyl (C=O) groups excluding carboxylic acids is 1. The SMILES string of the molecule is Cc1csc(CCCNC(=O)Nc2ccc(Cn3nc(C)cc3C)cc2)n1. The van der Waals surface area contributed by atoms with Gasteiger partial charge in [0, 0.05) is 35.4 Å². The average molecular weight is 384 g/mol. The van der Waals surface area contributed by atoms with E-state index in [2.05, 4.69) is 33.7 Å². The van der Waals surface area contributed by atoms with E-state index in [1.54, 1.807) is 11.3 Å². The Kier molecular flexibility index (Phi) is 6.24. The third kappa shape index (κ3) is 5.65. The van der Waals surface area contributed by atoms with Crippen molar-refractivity contribution in [2.24, 2.45) is 0 Å². The lowest BCUT2D eigenvalue weighted by Crippen LogP contribution is -2.29. The zero-order valence-corrected chi connectivity index (χ0v) is 16.8. The van der Waals surface area contributed by atoms with Crippen LogP contribution in [0.2, 0.25) is 0 Å². The molecule has 7 heteroatoms. The summed E-state index contributed by atoms with van der Waals surface area (Å²) >= 11 is 1.67. The topological polar surface area (TPSA) is 71.8 Å². The molecule has 2 amide bonds. The van der Waals surface area contributed by atoms with E-state index >= 15 is 0 Å². The van der Waals surface area contributed by atoms with E-state index in [1.807, 2.05) is 48.2 Å². The number of hydrogen-bond donors (Lipinski definition) is 2. The largest absolute Gasteiger partial charge is 0.338 e. The van der Waals surface area contributed by atoms with Crippen molar-refractivity contribution >= 4 is 23.1 Å². The van der Waals surface area contributed by atoms with Gasteiger partial charge in [-0.3, -0.25) is 4.68 Å². The molecule has 0 saturated heterocycles. The van der Waals surface area contributed by atoms with Crippen molar-refractivity contribution in [3.05, 3.63) is 63.4 Å². The van der Waals surface area contributed by atoms with Crippen LogP contribution in [0, 0.1) is 20.8 Å². The predicted octanol–water partition coefficient (Wildman–Crippen LogP) is 4.07. The van der Waals surface area contributed by atoms with Crippen molar-refractivity contribution in [1.29, 1.82) is 0 Å². The molecule has 0 saturated carbocycles. The lowest BCUT2D eigenvalue weighted by atomic mass is 10.2. The third-order valence-corrected chi connectivity index (χ3v) is 5.19. The Balaban J connectivity index is 1.42. The second-order valence-corrected chi connectivity index (χ2v) is 7.59. The maximum atomic E-state index is 12.0. The molecule has 3 aromatic rings. The monoisotopic (exact) mass is 383 g/mol. The zero-order chi connectivity index (χ0) is 19.2. The highest BCUT2D eigenvalue weighted by Gasteiger charge is 2.05. The first-order valence-corrected chi connectivity index (χ1v) is 9.93. The number of urea groups is 1. The molecule has 0 atom stereocenters. The molecule has 3 rings (SSSR count). The summed E-state index contributed by atoms with van der Waals surface area (Å²) in [5.41, 5.74) is 5.14. The van der Waals surface area contributed by atoms with Crippen molar-refractivity contribution in [2.45, 2.75) is 40.2 Å². The number of nitrogens with one attached hydrogen (secondary N) is 2. The predicted molar refractivity (Wildman–Crippen MR) is 109 cm³/mol. The molecule has 27 heavy (non-hydrogen) atoms. The average Bonchev–Trinajstić information content (AvgIpc) is 3.18. The van der Waals surface area contributed by atoms with Crippen LogP contribution in [0.1, 0.15) is 34.1 Å². The molecule has 0 radical (unpaired) electrons. The fraction of sp³-hybridized carbons (Fsp3) is 0.350. The number of carbonyl (C=O) groups is 1. The maximum Gasteiger partial charge on any atom is 0.319 e. The van der Waals surface area contributed by atoms with Crippen LogP contribution < -0.4 is 10.6 Å². The van der Waals surface area contributed by atoms with Crippen LogP contribution in [0.3, 0.4) is 0 Å². The van der Waals surface area contributed by atoms with Gasteiger partial charge in [0.1, 0.15) is 0 Å². The van der Waals surface area contributed by atoms with Gasteiger partial charge >= 0.3 is 6.03 Å². The van der Waals surface area contributed by atoms with Crippen molar-refractivity contribution in [2.75, 3.05) is 11.9 Å². The Morgan fingerprint density at radius 3 is 2.56 bits per heavy atom. The summed E-state index contributed by atoms with van der Waals surface area (Å²) < 4.78 is 1.98. The van der Waals surface area contributed by atoms with E-state index in [0.717, 1.165) is 52.7 Å². The van der Waals surface area contributed by atoms with Gasteiger partial charge in [-0.2, -0.15) is 5.10 Å². The van der Waals surface area contributed by atoms with Crippen molar-refractivity contribution in [3.63, 3.8) is 0 Å². The van der Waals surface area contributed by atoms with Crippen molar-refractivity contribution < 1.29 is 4.79 Å². The molecule has 0 aliphatic carbocycles. The van der Waals surface area contributed by atoms with Gasteiger partial charge < -0.3 is 10.6 Å². The second kappa shape index (κ2) is 8.81. The molecule has 0 fully saturated rings. The third-order valence-electron chi connectivity index (χ3n) is 4.17. The van der Waals surface area contributed by atoms with Gasteiger partial charge in [-0.1, -0.05) is 12.1 Å². The highest BCUT2D eigenvalue weighted by atomic mass is 32.1. The molecule has 0 spiro atoms. The molecule has 0 unspecified atom stereocenters. The van der Waals surface area contributed by atoms with Crippen LogP contribution in [0.25, 0.3) is 0 Å². The summed E-state index contributed by atoms with van der Waals surface area (Å²) in [6.07, 6.45) is 1.77. The van der Waals surface area contributed by atoms with Crippen molar-refractivity contribution in [1.82, 2.24) is 20.1 Å². The molecule has 142 valence electrons. The van der Waals surface area contributed by atoms with Crippen molar-refractivity contribution in [3.8, 4) is 0 Å². The molecule has 0 aliphatic rings. The van der Waals surface area contributed by atoms with Crippen LogP contribution in [0.5, 0.6) is 0 Å². The Labute approximate surface area is 163 Å². The van der Waals surface area contributed by atoms with Gasteiger partial charge in [0.05, 0.1) is 17.2 Å². The zero-order valence-electron chi connectivity index (χ0n) is 16.0. The first-order valence-electron chi connectivity index (χ1n) is 9.05. The molecule has 0 bridgehead atoms. The normalized spacial score (nSPS) is 10.8. The lowest BCUT2D eigenvalue weighted by Gasteiger charge is -2.09. The fourth-order valence-electron chi connectivity index (χ4n) is 2.84. The number of hydrogen-bond acceptors (Lipinski definition) is 4. The summed E-state index contributed by atoms with van der Waals surface area (Å²) in [5.74, 6) is 0. The molecule has 2 aromatic heterocycles. The highest BCUT2D eigenvalue weighted by molar-refractivity contribution is 7.09. The fourth-order valence-corrected chi connectivity index (χ4v) is 3.65. The van der Waals surface area contributed by atoms with E-state index in [1.165, 1.54) is 0 Å². The van der Waals surface area contributed by atoms with Crippen LogP contribution >= 0.6 is 11.3 Å². The Hall–Kier alpha value is -2.67. The molecular formula is C20H25N5OS. The quantitative estimate of drug-likeness (QED) is 0.604. The van der Waals surface area contributed by atoms with Crippen LogP contribution in [0.4, 0.5) is 10.5 Å². The summed E-state index contributed by atoms with van der Waals surface area (Å²) in [6, 6.07) is 9.73. The Bertz CT molecular complexity index is 897. The lowest BCUT2D eigenvalue weighted by molar-refractivity contribution is 0.252. The highest BCUT2D eigenvalue weighted by Crippen LogP contribution is 2.13. The van der Waals surface area contributed by atoms with Gasteiger partial charge in [-0.25, -0.2) is 9.78 Å². The maximum absolute atomic E-state index is 12.0. The number of rotatable bonds is 7. The minimum atomic E-state index is -0.184. The van der Waals surface area contributed by atoms with E-state index in [-0.39, 0.29) is 6.03 Å². The minimum absolute atomic E-state index is 0.184. The number of thiazole rings is 1. The van der Waals surface area contributed by atoms with Gasteiger partial charge in [0.25, 0.3) is 0 Å². The summed E-state index contributed by atoms with van der Waals surface area (Å²) in [4.78, 5) is 16.4. The van der Waals surface area contributed by atoms with E-state index in [0.29, 0.717) is 6.54 Å². The Morgan fingerprint density at radius 2 is 1.93 bits per heavy atom. The van der Waals surface area contributed by atoms with Crippen LogP contribution in [-0.4, -0.2) is 27.3 Å². The molecule has 6 nitrogen and oxygen atoms in total. The van der Waals surface area contributed by atoms with Gasteiger partial charge in [-0.15, -0.1) is 11.3 Å². The number of anilines is 1. The van der Waals surface area contributed by atoms with Gasteiger partial charge in [-0.05, 0) is 51.0 Å². The van der Waals surface area contributed by atoms with E-state index < -0.39 is 0 Å². The molecule has 2 N–H and O–H groups in total. The Morgan fingerprint density at radius 1 is 1.15 bits per heavy atom. The molecule has 0 aliphatic heterocycles. The summed E-state index contributed by atoms with van der Waals surface area (Å²) in [5, 5.41) is 13.4. The summed E-state index contributed by atoms with van der Waals surface area (Å²) in [6.45, 7) is 7.39. The number of amides is 2.